The fourth-order valence-corrected chi connectivity index (χ4v) is 2.63. The second-order valence-electron chi connectivity index (χ2n) is 5.87. The molecule has 26 heavy (non-hydrogen) atoms. The molecule has 0 bridgehead atoms. The minimum atomic E-state index is -0.566. The van der Waals surface area contributed by atoms with E-state index in [9.17, 15) is 19.7 Å². The van der Waals surface area contributed by atoms with Gasteiger partial charge in [-0.2, -0.15) is 0 Å². The van der Waals surface area contributed by atoms with Gasteiger partial charge in [0.05, 0.1) is 10.5 Å². The van der Waals surface area contributed by atoms with Gasteiger partial charge in [0.1, 0.15) is 11.5 Å². The van der Waals surface area contributed by atoms with E-state index in [1.807, 2.05) is 6.07 Å². The number of carbonyl (C=O) groups excluding carboxylic acids is 2. The van der Waals surface area contributed by atoms with Crippen molar-refractivity contribution in [3.8, 4) is 11.5 Å². The van der Waals surface area contributed by atoms with Crippen LogP contribution in [0.25, 0.3) is 0 Å². The molecule has 3 rings (SSSR count). The van der Waals surface area contributed by atoms with Crippen molar-refractivity contribution in [2.24, 2.45) is 0 Å². The van der Waals surface area contributed by atoms with Crippen LogP contribution in [0.3, 0.4) is 0 Å². The van der Waals surface area contributed by atoms with Crippen molar-refractivity contribution in [2.75, 3.05) is 6.54 Å². The van der Waals surface area contributed by atoms with Crippen molar-refractivity contribution in [3.05, 3.63) is 64.2 Å². The molecule has 1 saturated heterocycles. The molecule has 1 heterocycles. The van der Waals surface area contributed by atoms with Gasteiger partial charge in [0.25, 0.3) is 11.6 Å². The van der Waals surface area contributed by atoms with E-state index in [1.54, 1.807) is 24.3 Å². The lowest BCUT2D eigenvalue weighted by atomic mass is 10.1. The van der Waals surface area contributed by atoms with Crippen LogP contribution in [0.1, 0.15) is 23.2 Å². The molecule has 8 nitrogen and oxygen atoms in total. The van der Waals surface area contributed by atoms with Gasteiger partial charge < -0.3 is 15.4 Å². The first-order chi connectivity index (χ1) is 12.5. The van der Waals surface area contributed by atoms with Crippen LogP contribution in [0.5, 0.6) is 11.5 Å². The van der Waals surface area contributed by atoms with Crippen LogP contribution < -0.4 is 15.4 Å². The zero-order chi connectivity index (χ0) is 18.5. The molecule has 1 fully saturated rings. The Morgan fingerprint density at radius 2 is 2.00 bits per heavy atom. The van der Waals surface area contributed by atoms with Gasteiger partial charge in [-0.25, -0.2) is 0 Å². The fourth-order valence-electron chi connectivity index (χ4n) is 2.63. The van der Waals surface area contributed by atoms with E-state index in [0.29, 0.717) is 25.1 Å². The van der Waals surface area contributed by atoms with E-state index in [2.05, 4.69) is 10.6 Å². The van der Waals surface area contributed by atoms with Crippen molar-refractivity contribution < 1.29 is 19.2 Å². The molecule has 2 N–H and O–H groups in total. The Morgan fingerprint density at radius 1 is 1.23 bits per heavy atom. The molecular weight excluding hydrogens is 338 g/mol. The normalized spacial score (nSPS) is 16.5. The molecule has 0 aliphatic carbocycles. The van der Waals surface area contributed by atoms with Gasteiger partial charge in [-0.15, -0.1) is 0 Å². The van der Waals surface area contributed by atoms with Gasteiger partial charge >= 0.3 is 0 Å². The zero-order valence-corrected chi connectivity index (χ0v) is 13.8. The Kier molecular flexibility index (Phi) is 5.12. The molecule has 2 aromatic carbocycles. The maximum absolute atomic E-state index is 12.7. The predicted octanol–water partition coefficient (Wildman–Crippen LogP) is 2.40. The van der Waals surface area contributed by atoms with E-state index >= 15 is 0 Å². The molecule has 134 valence electrons. The summed E-state index contributed by atoms with van der Waals surface area (Å²) >= 11 is 0. The van der Waals surface area contributed by atoms with Crippen molar-refractivity contribution in [1.29, 1.82) is 0 Å². The Bertz CT molecular complexity index is 828. The SMILES string of the molecule is O=C1CCC(NC(=O)c2cc([N+](=O)[O-])ccc2Oc2ccccc2)CN1. The number of benzene rings is 2. The number of para-hydroxylation sites is 1. The van der Waals surface area contributed by atoms with Crippen LogP contribution in [0.2, 0.25) is 0 Å². The van der Waals surface area contributed by atoms with Gasteiger partial charge in [-0.05, 0) is 24.6 Å². The summed E-state index contributed by atoms with van der Waals surface area (Å²) in [5.41, 5.74) is -0.132. The first-order valence-electron chi connectivity index (χ1n) is 8.12. The first-order valence-corrected chi connectivity index (χ1v) is 8.12. The quantitative estimate of drug-likeness (QED) is 0.632. The molecule has 1 unspecified atom stereocenters. The first kappa shape index (κ1) is 17.4. The number of ether oxygens (including phenoxy) is 1. The van der Waals surface area contributed by atoms with Crippen LogP contribution in [-0.4, -0.2) is 29.3 Å². The lowest BCUT2D eigenvalue weighted by molar-refractivity contribution is -0.384. The highest BCUT2D eigenvalue weighted by Gasteiger charge is 2.23. The summed E-state index contributed by atoms with van der Waals surface area (Å²) in [6.45, 7) is 0.328. The maximum atomic E-state index is 12.7. The van der Waals surface area contributed by atoms with Crippen LogP contribution in [0.15, 0.2) is 48.5 Å². The Hall–Kier alpha value is -3.42. The molecule has 0 saturated carbocycles. The van der Waals surface area contributed by atoms with Gasteiger partial charge in [0.15, 0.2) is 0 Å². The Morgan fingerprint density at radius 3 is 2.65 bits per heavy atom. The number of carbonyl (C=O) groups is 2. The van der Waals surface area contributed by atoms with E-state index < -0.39 is 10.8 Å². The molecule has 1 atom stereocenters. The summed E-state index contributed by atoms with van der Waals surface area (Å²) in [4.78, 5) is 34.4. The minimum Gasteiger partial charge on any atom is -0.457 e. The van der Waals surface area contributed by atoms with Crippen molar-refractivity contribution in [1.82, 2.24) is 10.6 Å². The van der Waals surface area contributed by atoms with Crippen LogP contribution >= 0.6 is 0 Å². The molecule has 2 aromatic rings. The number of nitro benzene ring substituents is 1. The third-order valence-electron chi connectivity index (χ3n) is 3.99. The molecular formula is C18H17N3O5. The van der Waals surface area contributed by atoms with Crippen molar-refractivity contribution in [3.63, 3.8) is 0 Å². The summed E-state index contributed by atoms with van der Waals surface area (Å²) < 4.78 is 5.72. The summed E-state index contributed by atoms with van der Waals surface area (Å²) in [5, 5.41) is 16.5. The van der Waals surface area contributed by atoms with Crippen molar-refractivity contribution >= 4 is 17.5 Å². The van der Waals surface area contributed by atoms with Gasteiger partial charge in [-0.3, -0.25) is 19.7 Å². The Labute approximate surface area is 149 Å². The molecule has 1 aliphatic rings. The van der Waals surface area contributed by atoms with E-state index in [1.165, 1.54) is 18.2 Å². The number of amides is 2. The highest BCUT2D eigenvalue weighted by atomic mass is 16.6. The standard InChI is InChI=1S/C18H17N3O5/c22-17-9-6-12(11-19-17)20-18(23)15-10-13(21(24)25)7-8-16(15)26-14-4-2-1-3-5-14/h1-5,7-8,10,12H,6,9,11H2,(H,19,22)(H,20,23). The van der Waals surface area contributed by atoms with E-state index in [-0.39, 0.29) is 28.9 Å². The molecule has 1 aliphatic heterocycles. The predicted molar refractivity (Wildman–Crippen MR) is 93.1 cm³/mol. The van der Waals surface area contributed by atoms with Crippen LogP contribution in [0.4, 0.5) is 5.69 Å². The maximum Gasteiger partial charge on any atom is 0.270 e. The largest absolute Gasteiger partial charge is 0.457 e. The topological polar surface area (TPSA) is 111 Å². The number of nitrogens with one attached hydrogen (secondary N) is 2. The molecule has 0 spiro atoms. The summed E-state index contributed by atoms with van der Waals surface area (Å²) in [7, 11) is 0. The fraction of sp³-hybridized carbons (Fsp3) is 0.222. The second kappa shape index (κ2) is 7.64. The third kappa shape index (κ3) is 4.15. The second-order valence-corrected chi connectivity index (χ2v) is 5.87. The molecule has 0 aromatic heterocycles. The minimum absolute atomic E-state index is 0.0565. The summed E-state index contributed by atoms with van der Waals surface area (Å²) in [6.07, 6.45) is 0.842. The van der Waals surface area contributed by atoms with Crippen molar-refractivity contribution in [2.45, 2.75) is 18.9 Å². The van der Waals surface area contributed by atoms with Gasteiger partial charge in [0.2, 0.25) is 5.91 Å². The van der Waals surface area contributed by atoms with Gasteiger partial charge in [-0.1, -0.05) is 18.2 Å². The smallest absolute Gasteiger partial charge is 0.270 e. The van der Waals surface area contributed by atoms with E-state index in [0.717, 1.165) is 0 Å². The Balaban J connectivity index is 1.84. The third-order valence-corrected chi connectivity index (χ3v) is 3.99. The van der Waals surface area contributed by atoms with Gasteiger partial charge in [0, 0.05) is 31.1 Å². The van der Waals surface area contributed by atoms with E-state index in [4.69, 9.17) is 4.74 Å². The number of hydrogen-bond acceptors (Lipinski definition) is 5. The van der Waals surface area contributed by atoms with Crippen LogP contribution in [0, 0.1) is 10.1 Å². The average Bonchev–Trinajstić information content (AvgIpc) is 2.64. The summed E-state index contributed by atoms with van der Waals surface area (Å²) in [5.74, 6) is 0.194. The monoisotopic (exact) mass is 355 g/mol. The summed E-state index contributed by atoms with van der Waals surface area (Å²) in [6, 6.07) is 12.5. The highest BCUT2D eigenvalue weighted by molar-refractivity contribution is 5.98. The lowest BCUT2D eigenvalue weighted by Gasteiger charge is -2.23. The average molecular weight is 355 g/mol. The number of nitrogens with zero attached hydrogens (tertiary/aromatic N) is 1. The number of non-ortho nitro benzene ring substituents is 1. The number of rotatable bonds is 5. The molecule has 8 heteroatoms. The lowest BCUT2D eigenvalue weighted by Crippen LogP contribution is -2.47. The highest BCUT2D eigenvalue weighted by Crippen LogP contribution is 2.29. The van der Waals surface area contributed by atoms with Crippen LogP contribution in [-0.2, 0) is 4.79 Å². The number of piperidine rings is 1. The zero-order valence-electron chi connectivity index (χ0n) is 13.8. The number of hydrogen-bond donors (Lipinski definition) is 2. The molecule has 2 amide bonds. The number of nitro groups is 1. The molecule has 0 radical (unpaired) electrons.